The fourth-order valence-corrected chi connectivity index (χ4v) is 2.84. The Bertz CT molecular complexity index is 799. The van der Waals surface area contributed by atoms with E-state index in [1.165, 1.54) is 10.3 Å². The first-order valence-corrected chi connectivity index (χ1v) is 7.21. The maximum absolute atomic E-state index is 8.87. The molecule has 3 rings (SSSR count). The first-order chi connectivity index (χ1) is 9.76. The molecule has 4 heteroatoms. The monoisotopic (exact) mass is 279 g/mol. The molecule has 2 aromatic carbocycles. The number of hydrogen-bond donors (Lipinski definition) is 1. The molecule has 0 aliphatic heterocycles. The smallest absolute Gasteiger partial charge is 0.0991 e. The molecule has 98 valence electrons. The molecule has 20 heavy (non-hydrogen) atoms. The Hall–Kier alpha value is -2.38. The van der Waals surface area contributed by atoms with Gasteiger partial charge in [-0.25, -0.2) is 4.98 Å². The second kappa shape index (κ2) is 5.32. The summed E-state index contributed by atoms with van der Waals surface area (Å²) in [5.41, 5.74) is 7.03. The van der Waals surface area contributed by atoms with Crippen LogP contribution in [0.25, 0.3) is 10.2 Å². The van der Waals surface area contributed by atoms with E-state index in [1.54, 1.807) is 11.3 Å². The fourth-order valence-electron chi connectivity index (χ4n) is 2.13. The average molecular weight is 279 g/mol. The van der Waals surface area contributed by atoms with Gasteiger partial charge in [-0.15, -0.1) is 11.3 Å². The molecule has 3 aromatic rings. The van der Waals surface area contributed by atoms with Gasteiger partial charge < -0.3 is 5.32 Å². The van der Waals surface area contributed by atoms with Gasteiger partial charge in [0.2, 0.25) is 0 Å². The van der Waals surface area contributed by atoms with Crippen LogP contribution in [0.1, 0.15) is 16.7 Å². The Balaban J connectivity index is 1.77. The van der Waals surface area contributed by atoms with Gasteiger partial charge in [0.15, 0.2) is 0 Å². The number of rotatable bonds is 3. The van der Waals surface area contributed by atoms with Crippen LogP contribution in [-0.4, -0.2) is 4.98 Å². The number of fused-ring (bicyclic) bond motifs is 1. The van der Waals surface area contributed by atoms with Gasteiger partial charge in [-0.3, -0.25) is 0 Å². The molecule has 0 unspecified atom stereocenters. The van der Waals surface area contributed by atoms with Crippen molar-refractivity contribution >= 4 is 27.2 Å². The van der Waals surface area contributed by atoms with Crippen molar-refractivity contribution in [2.24, 2.45) is 0 Å². The molecule has 0 saturated heterocycles. The second-order valence-electron chi connectivity index (χ2n) is 4.64. The van der Waals surface area contributed by atoms with Crippen LogP contribution in [0.3, 0.4) is 0 Å². The van der Waals surface area contributed by atoms with Crippen molar-refractivity contribution in [2.75, 3.05) is 5.32 Å². The van der Waals surface area contributed by atoms with Crippen molar-refractivity contribution in [3.05, 3.63) is 58.6 Å². The number of nitrogens with zero attached hydrogens (tertiary/aromatic N) is 2. The molecule has 0 aliphatic rings. The van der Waals surface area contributed by atoms with Crippen molar-refractivity contribution in [2.45, 2.75) is 13.5 Å². The summed E-state index contributed by atoms with van der Waals surface area (Å²) in [6, 6.07) is 14.1. The van der Waals surface area contributed by atoms with Crippen LogP contribution in [0.4, 0.5) is 5.69 Å². The Labute approximate surface area is 121 Å². The summed E-state index contributed by atoms with van der Waals surface area (Å²) in [4.78, 5) is 4.27. The topological polar surface area (TPSA) is 48.7 Å². The van der Waals surface area contributed by atoms with Crippen molar-refractivity contribution in [3.8, 4) is 6.07 Å². The molecular weight excluding hydrogens is 266 g/mol. The number of hydrogen-bond acceptors (Lipinski definition) is 4. The van der Waals surface area contributed by atoms with E-state index in [4.69, 9.17) is 5.26 Å². The van der Waals surface area contributed by atoms with E-state index < -0.39 is 0 Å². The lowest BCUT2D eigenvalue weighted by Crippen LogP contribution is -2.01. The molecule has 0 spiro atoms. The maximum Gasteiger partial charge on any atom is 0.0991 e. The molecule has 0 aliphatic carbocycles. The summed E-state index contributed by atoms with van der Waals surface area (Å²) in [6.07, 6.45) is 0. The van der Waals surface area contributed by atoms with Crippen LogP contribution in [0.5, 0.6) is 0 Å². The minimum Gasteiger partial charge on any atom is -0.381 e. The molecular formula is C16H13N3S. The molecule has 1 aromatic heterocycles. The predicted octanol–water partition coefficient (Wildman–Crippen LogP) is 4.09. The molecule has 1 N–H and O–H groups in total. The first-order valence-electron chi connectivity index (χ1n) is 6.33. The van der Waals surface area contributed by atoms with Crippen molar-refractivity contribution in [3.63, 3.8) is 0 Å². The summed E-state index contributed by atoms with van der Waals surface area (Å²) in [7, 11) is 0. The van der Waals surface area contributed by atoms with Gasteiger partial charge >= 0.3 is 0 Å². The summed E-state index contributed by atoms with van der Waals surface area (Å²) in [5.74, 6) is 0. The number of aromatic nitrogens is 1. The fraction of sp³-hybridized carbons (Fsp3) is 0.125. The Morgan fingerprint density at radius 3 is 2.95 bits per heavy atom. The third-order valence-corrected chi connectivity index (χ3v) is 4.08. The molecule has 0 fully saturated rings. The molecule has 0 saturated carbocycles. The van der Waals surface area contributed by atoms with Crippen LogP contribution in [0.2, 0.25) is 0 Å². The normalized spacial score (nSPS) is 10.4. The van der Waals surface area contributed by atoms with E-state index >= 15 is 0 Å². The highest BCUT2D eigenvalue weighted by Gasteiger charge is 2.02. The highest BCUT2D eigenvalue weighted by molar-refractivity contribution is 7.16. The zero-order chi connectivity index (χ0) is 13.9. The van der Waals surface area contributed by atoms with Crippen LogP contribution in [0, 0.1) is 18.3 Å². The van der Waals surface area contributed by atoms with Gasteiger partial charge in [0.25, 0.3) is 0 Å². The molecule has 0 radical (unpaired) electrons. The van der Waals surface area contributed by atoms with Crippen LogP contribution in [-0.2, 0) is 6.54 Å². The molecule has 0 atom stereocenters. The summed E-state index contributed by atoms with van der Waals surface area (Å²) < 4.78 is 1.19. The van der Waals surface area contributed by atoms with Gasteiger partial charge in [-0.2, -0.15) is 5.26 Å². The number of benzene rings is 2. The van der Waals surface area contributed by atoms with Gasteiger partial charge in [0, 0.05) is 12.2 Å². The number of nitriles is 1. The largest absolute Gasteiger partial charge is 0.381 e. The van der Waals surface area contributed by atoms with Gasteiger partial charge in [0.1, 0.15) is 0 Å². The average Bonchev–Trinajstić information content (AvgIpc) is 2.93. The molecule has 3 nitrogen and oxygen atoms in total. The third kappa shape index (κ3) is 2.49. The molecule has 1 heterocycles. The highest BCUT2D eigenvalue weighted by atomic mass is 32.1. The zero-order valence-corrected chi connectivity index (χ0v) is 11.9. The van der Waals surface area contributed by atoms with E-state index in [0.717, 1.165) is 23.3 Å². The van der Waals surface area contributed by atoms with E-state index in [0.29, 0.717) is 5.56 Å². The second-order valence-corrected chi connectivity index (χ2v) is 5.53. The SMILES string of the molecule is Cc1cc(C#N)ccc1CNc1ccc2ncsc2c1. The van der Waals surface area contributed by atoms with Crippen LogP contribution >= 0.6 is 11.3 Å². The predicted molar refractivity (Wildman–Crippen MR) is 82.8 cm³/mol. The summed E-state index contributed by atoms with van der Waals surface area (Å²) >= 11 is 1.64. The van der Waals surface area contributed by atoms with Gasteiger partial charge in [0.05, 0.1) is 27.4 Å². The maximum atomic E-state index is 8.87. The Kier molecular flexibility index (Phi) is 3.36. The Morgan fingerprint density at radius 1 is 1.25 bits per heavy atom. The molecule has 0 amide bonds. The third-order valence-electron chi connectivity index (χ3n) is 3.29. The van der Waals surface area contributed by atoms with E-state index in [9.17, 15) is 0 Å². The van der Waals surface area contributed by atoms with Crippen molar-refractivity contribution in [1.29, 1.82) is 5.26 Å². The van der Waals surface area contributed by atoms with Gasteiger partial charge in [-0.05, 0) is 48.4 Å². The Morgan fingerprint density at radius 2 is 2.15 bits per heavy atom. The minimum atomic E-state index is 0.706. The highest BCUT2D eigenvalue weighted by Crippen LogP contribution is 2.22. The summed E-state index contributed by atoms with van der Waals surface area (Å²) in [6.45, 7) is 2.78. The van der Waals surface area contributed by atoms with Crippen LogP contribution < -0.4 is 5.32 Å². The lowest BCUT2D eigenvalue weighted by atomic mass is 10.1. The first kappa shape index (κ1) is 12.6. The van der Waals surface area contributed by atoms with E-state index in [1.807, 2.05) is 42.8 Å². The van der Waals surface area contributed by atoms with Gasteiger partial charge in [-0.1, -0.05) is 6.07 Å². The van der Waals surface area contributed by atoms with E-state index in [-0.39, 0.29) is 0 Å². The summed E-state index contributed by atoms with van der Waals surface area (Å²) in [5, 5.41) is 12.3. The standard InChI is InChI=1S/C16H13N3S/c1-11-6-12(8-17)2-3-13(11)9-18-14-4-5-15-16(7-14)20-10-19-15/h2-7,10,18H,9H2,1H3. The van der Waals surface area contributed by atoms with Crippen molar-refractivity contribution < 1.29 is 0 Å². The molecule has 0 bridgehead atoms. The quantitative estimate of drug-likeness (QED) is 0.785. The van der Waals surface area contributed by atoms with E-state index in [2.05, 4.69) is 22.4 Å². The lowest BCUT2D eigenvalue weighted by molar-refractivity contribution is 1.12. The zero-order valence-electron chi connectivity index (χ0n) is 11.1. The number of anilines is 1. The number of thiazole rings is 1. The van der Waals surface area contributed by atoms with Crippen molar-refractivity contribution in [1.82, 2.24) is 4.98 Å². The number of aryl methyl sites for hydroxylation is 1. The minimum absolute atomic E-state index is 0.706. The van der Waals surface area contributed by atoms with Crippen LogP contribution in [0.15, 0.2) is 41.9 Å². The number of nitrogens with one attached hydrogen (secondary N) is 1. The lowest BCUT2D eigenvalue weighted by Gasteiger charge is -2.09.